The van der Waals surface area contributed by atoms with Crippen molar-refractivity contribution in [2.24, 2.45) is 5.92 Å². The van der Waals surface area contributed by atoms with Crippen LogP contribution in [0.4, 0.5) is 0 Å². The van der Waals surface area contributed by atoms with Crippen molar-refractivity contribution in [3.63, 3.8) is 0 Å². The van der Waals surface area contributed by atoms with Gasteiger partial charge in [0.1, 0.15) is 12.4 Å². The number of fused-ring (bicyclic) bond motifs is 1. The molecule has 2 aliphatic heterocycles. The van der Waals surface area contributed by atoms with Gasteiger partial charge in [-0.15, -0.1) is 0 Å². The fraction of sp³-hybridized carbons (Fsp3) is 0.533. The summed E-state index contributed by atoms with van der Waals surface area (Å²) in [5.74, 6) is 0.975. The highest BCUT2D eigenvalue weighted by Crippen LogP contribution is 2.26. The molecule has 102 valence electrons. The predicted octanol–water partition coefficient (Wildman–Crippen LogP) is 1.11. The zero-order valence-electron chi connectivity index (χ0n) is 11.0. The number of benzene rings is 1. The van der Waals surface area contributed by atoms with Gasteiger partial charge in [0.15, 0.2) is 0 Å². The van der Waals surface area contributed by atoms with Crippen LogP contribution in [0.5, 0.6) is 5.75 Å². The molecule has 4 heteroatoms. The number of carbonyl (C=O) groups is 1. The van der Waals surface area contributed by atoms with Crippen LogP contribution in [0.3, 0.4) is 0 Å². The van der Waals surface area contributed by atoms with E-state index in [9.17, 15) is 4.79 Å². The van der Waals surface area contributed by atoms with Gasteiger partial charge in [-0.05, 0) is 37.4 Å². The first kappa shape index (κ1) is 12.5. The Morgan fingerprint density at radius 2 is 2.32 bits per heavy atom. The maximum atomic E-state index is 12.1. The Hall–Kier alpha value is -1.55. The molecule has 3 rings (SSSR count). The van der Waals surface area contributed by atoms with E-state index in [1.54, 1.807) is 0 Å². The van der Waals surface area contributed by atoms with Crippen molar-refractivity contribution in [3.05, 3.63) is 29.8 Å². The molecule has 2 N–H and O–H groups in total. The number of hydrogen-bond donors (Lipinski definition) is 2. The van der Waals surface area contributed by atoms with Crippen LogP contribution < -0.4 is 15.4 Å². The molecule has 0 bridgehead atoms. The van der Waals surface area contributed by atoms with Crippen LogP contribution in [0.1, 0.15) is 18.4 Å². The van der Waals surface area contributed by atoms with Crippen LogP contribution in [0.25, 0.3) is 0 Å². The van der Waals surface area contributed by atoms with Gasteiger partial charge in [0.2, 0.25) is 5.91 Å². The Morgan fingerprint density at radius 3 is 3.16 bits per heavy atom. The number of carbonyl (C=O) groups excluding carboxylic acids is 1. The molecule has 0 spiro atoms. The van der Waals surface area contributed by atoms with E-state index < -0.39 is 0 Å². The molecule has 1 fully saturated rings. The predicted molar refractivity (Wildman–Crippen MR) is 73.2 cm³/mol. The van der Waals surface area contributed by atoms with E-state index in [4.69, 9.17) is 4.74 Å². The van der Waals surface area contributed by atoms with Crippen LogP contribution in [-0.4, -0.2) is 31.6 Å². The van der Waals surface area contributed by atoms with Crippen molar-refractivity contribution in [2.45, 2.75) is 25.3 Å². The van der Waals surface area contributed by atoms with Gasteiger partial charge in [0.25, 0.3) is 0 Å². The fourth-order valence-corrected chi connectivity index (χ4v) is 2.80. The summed E-state index contributed by atoms with van der Waals surface area (Å²) in [6.07, 6.45) is 3.14. The first-order valence-corrected chi connectivity index (χ1v) is 7.05. The third-order valence-corrected chi connectivity index (χ3v) is 3.93. The average Bonchev–Trinajstić information content (AvgIpc) is 2.97. The summed E-state index contributed by atoms with van der Waals surface area (Å²) in [5, 5.41) is 6.43. The van der Waals surface area contributed by atoms with Gasteiger partial charge in [-0.2, -0.15) is 0 Å². The lowest BCUT2D eigenvalue weighted by Crippen LogP contribution is -2.42. The van der Waals surface area contributed by atoms with Crippen LogP contribution >= 0.6 is 0 Å². The number of hydrogen-bond acceptors (Lipinski definition) is 3. The van der Waals surface area contributed by atoms with Gasteiger partial charge in [-0.25, -0.2) is 0 Å². The zero-order chi connectivity index (χ0) is 13.1. The second-order valence-electron chi connectivity index (χ2n) is 5.36. The minimum absolute atomic E-state index is 0.0590. The number of para-hydroxylation sites is 1. The molecular weight excluding hydrogens is 240 g/mol. The first-order chi connectivity index (χ1) is 9.33. The van der Waals surface area contributed by atoms with E-state index in [-0.39, 0.29) is 11.8 Å². The molecule has 0 aromatic heterocycles. The second-order valence-corrected chi connectivity index (χ2v) is 5.36. The molecule has 2 unspecified atom stereocenters. The maximum absolute atomic E-state index is 12.1. The molecule has 1 amide bonds. The number of amides is 1. The van der Waals surface area contributed by atoms with Crippen LogP contribution in [0.15, 0.2) is 24.3 Å². The SMILES string of the molecule is O=C(NCC1CCCN1)C1COc2ccccc2C1. The summed E-state index contributed by atoms with van der Waals surface area (Å²) >= 11 is 0. The Labute approximate surface area is 113 Å². The molecule has 2 atom stereocenters. The van der Waals surface area contributed by atoms with Gasteiger partial charge < -0.3 is 15.4 Å². The highest BCUT2D eigenvalue weighted by atomic mass is 16.5. The quantitative estimate of drug-likeness (QED) is 0.856. The highest BCUT2D eigenvalue weighted by molar-refractivity contribution is 5.79. The summed E-state index contributed by atoms with van der Waals surface area (Å²) < 4.78 is 5.65. The second kappa shape index (κ2) is 5.61. The van der Waals surface area contributed by atoms with Gasteiger partial charge in [0, 0.05) is 12.6 Å². The van der Waals surface area contributed by atoms with Crippen LogP contribution in [-0.2, 0) is 11.2 Å². The van der Waals surface area contributed by atoms with Gasteiger partial charge in [0.05, 0.1) is 5.92 Å². The molecule has 2 aliphatic rings. The summed E-state index contributed by atoms with van der Waals surface area (Å²) in [6.45, 7) is 2.29. The van der Waals surface area contributed by atoms with Crippen LogP contribution in [0, 0.1) is 5.92 Å². The molecular formula is C15H20N2O2. The molecule has 0 saturated carbocycles. The maximum Gasteiger partial charge on any atom is 0.226 e. The minimum Gasteiger partial charge on any atom is -0.492 e. The van der Waals surface area contributed by atoms with E-state index in [0.717, 1.165) is 37.2 Å². The Bertz CT molecular complexity index is 455. The summed E-state index contributed by atoms with van der Waals surface area (Å²) in [5.41, 5.74) is 1.13. The van der Waals surface area contributed by atoms with Crippen molar-refractivity contribution in [2.75, 3.05) is 19.7 Å². The molecule has 1 saturated heterocycles. The van der Waals surface area contributed by atoms with E-state index in [2.05, 4.69) is 10.6 Å². The minimum atomic E-state index is -0.0590. The topological polar surface area (TPSA) is 50.4 Å². The fourth-order valence-electron chi connectivity index (χ4n) is 2.80. The molecule has 1 aromatic carbocycles. The van der Waals surface area contributed by atoms with Crippen LogP contribution in [0.2, 0.25) is 0 Å². The number of ether oxygens (including phenoxy) is 1. The molecule has 1 aromatic rings. The monoisotopic (exact) mass is 260 g/mol. The van der Waals surface area contributed by atoms with Crippen molar-refractivity contribution in [1.29, 1.82) is 0 Å². The summed E-state index contributed by atoms with van der Waals surface area (Å²) in [6, 6.07) is 8.40. The average molecular weight is 260 g/mol. The molecule has 0 radical (unpaired) electrons. The van der Waals surface area contributed by atoms with Gasteiger partial charge in [-0.1, -0.05) is 18.2 Å². The third kappa shape index (κ3) is 2.89. The molecule has 2 heterocycles. The van der Waals surface area contributed by atoms with Crippen molar-refractivity contribution < 1.29 is 9.53 Å². The third-order valence-electron chi connectivity index (χ3n) is 3.93. The lowest BCUT2D eigenvalue weighted by molar-refractivity contribution is -0.126. The number of nitrogens with one attached hydrogen (secondary N) is 2. The Morgan fingerprint density at radius 1 is 1.42 bits per heavy atom. The van der Waals surface area contributed by atoms with E-state index >= 15 is 0 Å². The van der Waals surface area contributed by atoms with Gasteiger partial charge in [-0.3, -0.25) is 4.79 Å². The summed E-state index contributed by atoms with van der Waals surface area (Å²) in [4.78, 5) is 12.1. The van der Waals surface area contributed by atoms with Crippen molar-refractivity contribution >= 4 is 5.91 Å². The smallest absolute Gasteiger partial charge is 0.226 e. The Balaban J connectivity index is 1.54. The van der Waals surface area contributed by atoms with E-state index in [0.29, 0.717) is 12.6 Å². The molecule has 0 aliphatic carbocycles. The highest BCUT2D eigenvalue weighted by Gasteiger charge is 2.26. The molecule has 4 nitrogen and oxygen atoms in total. The largest absolute Gasteiger partial charge is 0.492 e. The number of rotatable bonds is 3. The Kier molecular flexibility index (Phi) is 3.69. The summed E-state index contributed by atoms with van der Waals surface area (Å²) in [7, 11) is 0. The van der Waals surface area contributed by atoms with Crippen molar-refractivity contribution in [3.8, 4) is 5.75 Å². The van der Waals surface area contributed by atoms with E-state index in [1.807, 2.05) is 24.3 Å². The van der Waals surface area contributed by atoms with Gasteiger partial charge >= 0.3 is 0 Å². The van der Waals surface area contributed by atoms with Crippen molar-refractivity contribution in [1.82, 2.24) is 10.6 Å². The normalized spacial score (nSPS) is 25.5. The van der Waals surface area contributed by atoms with E-state index in [1.165, 1.54) is 6.42 Å². The lowest BCUT2D eigenvalue weighted by Gasteiger charge is -2.25. The molecule has 19 heavy (non-hydrogen) atoms. The first-order valence-electron chi connectivity index (χ1n) is 7.05. The zero-order valence-corrected chi connectivity index (χ0v) is 11.0. The lowest BCUT2D eigenvalue weighted by atomic mass is 9.96. The standard InChI is InChI=1S/C15H20N2O2/c18-15(17-9-13-5-3-7-16-13)12-8-11-4-1-2-6-14(11)19-10-12/h1-2,4,6,12-13,16H,3,5,7-10H2,(H,17,18).